The first kappa shape index (κ1) is 51.7. The largest absolute Gasteiger partial charge is 0.508 e. The van der Waals surface area contributed by atoms with Crippen LogP contribution in [0.25, 0.3) is 0 Å². The van der Waals surface area contributed by atoms with Crippen molar-refractivity contribution in [3.63, 3.8) is 0 Å². The summed E-state index contributed by atoms with van der Waals surface area (Å²) in [5.41, 5.74) is 5.98. The second kappa shape index (κ2) is 24.1. The number of phenols is 1. The Hall–Kier alpha value is -6.40. The summed E-state index contributed by atoms with van der Waals surface area (Å²) in [7, 11) is 0. The van der Waals surface area contributed by atoms with Crippen LogP contribution in [0.3, 0.4) is 0 Å². The number of aliphatic carboxylic acids is 3. The van der Waals surface area contributed by atoms with Crippen molar-refractivity contribution >= 4 is 59.3 Å². The summed E-state index contributed by atoms with van der Waals surface area (Å²) < 4.78 is 0. The monoisotopic (exact) mass is 880 g/mol. The molecule has 0 radical (unpaired) electrons. The van der Waals surface area contributed by atoms with Crippen molar-refractivity contribution in [3.8, 4) is 5.75 Å². The van der Waals surface area contributed by atoms with E-state index in [1.54, 1.807) is 13.8 Å². The molecule has 1 aromatic rings. The molecule has 62 heavy (non-hydrogen) atoms. The van der Waals surface area contributed by atoms with Crippen molar-refractivity contribution in [2.45, 2.75) is 121 Å². The van der Waals surface area contributed by atoms with E-state index < -0.39 is 133 Å². The number of phenolic OH excluding ortho intramolecular Hbond substituents is 1. The minimum absolute atomic E-state index is 0.0387. The van der Waals surface area contributed by atoms with Crippen molar-refractivity contribution in [1.29, 1.82) is 0 Å². The first-order valence-electron chi connectivity index (χ1n) is 19.6. The Kier molecular flexibility index (Phi) is 20.2. The van der Waals surface area contributed by atoms with E-state index in [1.807, 2.05) is 5.32 Å². The van der Waals surface area contributed by atoms with Crippen LogP contribution < -0.4 is 37.6 Å². The van der Waals surface area contributed by atoms with Crippen LogP contribution in [0.1, 0.15) is 65.4 Å². The van der Waals surface area contributed by atoms with E-state index in [1.165, 1.54) is 31.2 Å². The Morgan fingerprint density at radius 3 is 1.74 bits per heavy atom. The zero-order chi connectivity index (χ0) is 47.0. The number of nitrogens with one attached hydrogen (secondary N) is 6. The fraction of sp³-hybridized carbons (Fsp3) is 0.579. The SMILES string of the molecule is CC(C)C[C@H](NC(=O)[C@H](CC(=O)O)NC(=O)[C@H](Cc1ccc(O)cc1)NC(=O)[C@@H]1CCCN1C(=O)[C@@H](NC(=O)[C@@H](N)CC(=O)O)[C@@H](C)O)C(=O)N[C@H](C(=O)NCC(=O)O)[C@@H](C)O. The molecule has 1 fully saturated rings. The number of likely N-dealkylation sites (tertiary alicyclic amines) is 1. The van der Waals surface area contributed by atoms with Gasteiger partial charge >= 0.3 is 17.9 Å². The number of carboxylic acids is 3. The molecule has 1 heterocycles. The third-order valence-electron chi connectivity index (χ3n) is 9.45. The van der Waals surface area contributed by atoms with Crippen molar-refractivity contribution < 1.29 is 78.6 Å². The van der Waals surface area contributed by atoms with Crippen molar-refractivity contribution in [2.75, 3.05) is 13.1 Å². The van der Waals surface area contributed by atoms with Gasteiger partial charge < -0.3 is 73.2 Å². The van der Waals surface area contributed by atoms with Gasteiger partial charge in [0.05, 0.1) is 31.1 Å². The van der Waals surface area contributed by atoms with Crippen LogP contribution in [-0.4, -0.2) is 162 Å². The lowest BCUT2D eigenvalue weighted by Crippen LogP contribution is -2.61. The molecule has 24 nitrogen and oxygen atoms in total. The van der Waals surface area contributed by atoms with Crippen LogP contribution in [0, 0.1) is 5.92 Å². The van der Waals surface area contributed by atoms with Crippen molar-refractivity contribution in [1.82, 2.24) is 36.8 Å². The van der Waals surface area contributed by atoms with Crippen LogP contribution in [0.2, 0.25) is 0 Å². The Morgan fingerprint density at radius 1 is 0.677 bits per heavy atom. The molecular weight excluding hydrogens is 824 g/mol. The summed E-state index contributed by atoms with van der Waals surface area (Å²) in [6.07, 6.45) is -4.99. The summed E-state index contributed by atoms with van der Waals surface area (Å²) in [6.45, 7) is 4.78. The number of aromatic hydroxyl groups is 1. The van der Waals surface area contributed by atoms with Gasteiger partial charge in [0.1, 0.15) is 48.5 Å². The van der Waals surface area contributed by atoms with Gasteiger partial charge in [-0.3, -0.25) is 47.9 Å². The average molecular weight is 881 g/mol. The smallest absolute Gasteiger partial charge is 0.322 e. The van der Waals surface area contributed by atoms with E-state index in [2.05, 4.69) is 26.6 Å². The molecule has 0 unspecified atom stereocenters. The molecule has 0 aromatic heterocycles. The van der Waals surface area contributed by atoms with Crippen molar-refractivity contribution in [3.05, 3.63) is 29.8 Å². The fourth-order valence-corrected chi connectivity index (χ4v) is 6.32. The first-order chi connectivity index (χ1) is 28.9. The standard InChI is InChI=1S/C38H56N8O16/c1-17(2)12-23(35(59)44-30(18(3)47)37(61)40-16-29(54)55)41-34(58)25(15-28(52)53)42-33(57)24(13-20-7-9-21(49)10-8-20)43-36(60)26-6-5-11-46(26)38(62)31(19(4)48)45-32(56)22(39)14-27(50)51/h7-10,17-19,22-26,30-31,47-49H,5-6,11-16,39H2,1-4H3,(H,40,61)(H,41,58)(H,42,57)(H,43,60)(H,44,59)(H,45,56)(H,50,51)(H,52,53)(H,54,55)/t18-,19-,22+,23+,24+,25+,26+,30+,31+/m1/s1. The topological polar surface area (TPSA) is 394 Å². The van der Waals surface area contributed by atoms with E-state index in [0.717, 1.165) is 11.8 Å². The Labute approximate surface area is 355 Å². The van der Waals surface area contributed by atoms with Gasteiger partial charge in [0.25, 0.3) is 0 Å². The lowest BCUT2D eigenvalue weighted by molar-refractivity contribution is -0.145. The van der Waals surface area contributed by atoms with Gasteiger partial charge in [-0.1, -0.05) is 26.0 Å². The summed E-state index contributed by atoms with van der Waals surface area (Å²) in [4.78, 5) is 129. The average Bonchev–Trinajstić information content (AvgIpc) is 3.67. The number of aliphatic hydroxyl groups is 2. The number of hydrogen-bond donors (Lipinski definition) is 13. The highest BCUT2D eigenvalue weighted by Crippen LogP contribution is 2.21. The quantitative estimate of drug-likeness (QED) is 0.0466. The molecular formula is C38H56N8O16. The zero-order valence-corrected chi connectivity index (χ0v) is 34.5. The van der Waals surface area contributed by atoms with Gasteiger partial charge in [-0.25, -0.2) is 0 Å². The van der Waals surface area contributed by atoms with Crippen LogP contribution in [-0.2, 0) is 54.4 Å². The molecule has 0 spiro atoms. The number of amides is 7. The van der Waals surface area contributed by atoms with Crippen molar-refractivity contribution in [2.24, 2.45) is 11.7 Å². The number of nitrogens with two attached hydrogens (primary N) is 1. The molecule has 1 aromatic carbocycles. The number of carboxylic acid groups (broad SMARTS) is 3. The Bertz CT molecular complexity index is 1810. The number of carbonyl (C=O) groups excluding carboxylic acids is 7. The lowest BCUT2D eigenvalue weighted by atomic mass is 10.0. The van der Waals surface area contributed by atoms with Gasteiger partial charge in [-0.15, -0.1) is 0 Å². The van der Waals surface area contributed by atoms with E-state index in [9.17, 15) is 68.4 Å². The molecule has 1 aliphatic rings. The molecule has 0 aliphatic carbocycles. The molecule has 344 valence electrons. The van der Waals surface area contributed by atoms with Crippen LogP contribution in [0.15, 0.2) is 24.3 Å². The number of hydrogen-bond acceptors (Lipinski definition) is 14. The van der Waals surface area contributed by atoms with Crippen LogP contribution >= 0.6 is 0 Å². The van der Waals surface area contributed by atoms with Gasteiger partial charge in [-0.2, -0.15) is 0 Å². The first-order valence-corrected chi connectivity index (χ1v) is 19.6. The van der Waals surface area contributed by atoms with E-state index in [0.29, 0.717) is 5.56 Å². The van der Waals surface area contributed by atoms with Gasteiger partial charge in [0, 0.05) is 13.0 Å². The van der Waals surface area contributed by atoms with E-state index >= 15 is 0 Å². The third kappa shape index (κ3) is 16.6. The van der Waals surface area contributed by atoms with E-state index in [4.69, 9.17) is 15.9 Å². The van der Waals surface area contributed by atoms with Gasteiger partial charge in [0.15, 0.2) is 0 Å². The van der Waals surface area contributed by atoms with Crippen LogP contribution in [0.5, 0.6) is 5.75 Å². The summed E-state index contributed by atoms with van der Waals surface area (Å²) in [5.74, 6) is -12.0. The minimum Gasteiger partial charge on any atom is -0.508 e. The summed E-state index contributed by atoms with van der Waals surface area (Å²) >= 11 is 0. The minimum atomic E-state index is -1.89. The Morgan fingerprint density at radius 2 is 1.21 bits per heavy atom. The number of aliphatic hydroxyl groups excluding tert-OH is 2. The number of benzene rings is 1. The Balaban J connectivity index is 2.40. The highest BCUT2D eigenvalue weighted by atomic mass is 16.4. The molecule has 14 N–H and O–H groups in total. The van der Waals surface area contributed by atoms with Gasteiger partial charge in [-0.05, 0) is 56.7 Å². The van der Waals surface area contributed by atoms with Gasteiger partial charge in [0.2, 0.25) is 41.4 Å². The number of nitrogens with zero attached hydrogens (tertiary/aromatic N) is 1. The molecule has 24 heteroatoms. The highest BCUT2D eigenvalue weighted by Gasteiger charge is 2.41. The maximum Gasteiger partial charge on any atom is 0.322 e. The predicted molar refractivity (Wildman–Crippen MR) is 212 cm³/mol. The summed E-state index contributed by atoms with van der Waals surface area (Å²) in [5, 5.41) is 71.6. The molecule has 1 aliphatic heterocycles. The number of rotatable bonds is 24. The van der Waals surface area contributed by atoms with Crippen LogP contribution in [0.4, 0.5) is 0 Å². The maximum absolute atomic E-state index is 14.0. The zero-order valence-electron chi connectivity index (χ0n) is 34.5. The predicted octanol–water partition coefficient (Wildman–Crippen LogP) is -4.37. The number of carbonyl (C=O) groups is 10. The molecule has 2 rings (SSSR count). The second-order valence-electron chi connectivity index (χ2n) is 15.2. The fourth-order valence-electron chi connectivity index (χ4n) is 6.32. The normalized spacial score (nSPS) is 17.4. The van der Waals surface area contributed by atoms with E-state index in [-0.39, 0.29) is 43.9 Å². The second-order valence-corrected chi connectivity index (χ2v) is 15.2. The maximum atomic E-state index is 14.0. The molecule has 9 atom stereocenters. The molecule has 0 bridgehead atoms. The summed E-state index contributed by atoms with van der Waals surface area (Å²) in [6, 6.07) is -5.73. The lowest BCUT2D eigenvalue weighted by Gasteiger charge is -2.31. The highest BCUT2D eigenvalue weighted by molar-refractivity contribution is 5.99. The third-order valence-corrected chi connectivity index (χ3v) is 9.45. The molecule has 7 amide bonds. The molecule has 1 saturated heterocycles. The molecule has 0 saturated carbocycles.